The number of ether oxygens (including phenoxy) is 2. The van der Waals surface area contributed by atoms with Crippen molar-refractivity contribution in [1.29, 1.82) is 0 Å². The van der Waals surface area contributed by atoms with Crippen molar-refractivity contribution < 1.29 is 31.8 Å². The maximum atomic E-state index is 15.1. The lowest BCUT2D eigenvalue weighted by atomic mass is 9.86. The zero-order chi connectivity index (χ0) is 23.5. The summed E-state index contributed by atoms with van der Waals surface area (Å²) < 4.78 is 67.3. The Balaban J connectivity index is 1.51. The fourth-order valence-electron chi connectivity index (χ4n) is 4.93. The van der Waals surface area contributed by atoms with Crippen LogP contribution in [0.5, 0.6) is 11.5 Å². The fourth-order valence-corrected chi connectivity index (χ4v) is 4.93. The molecular formula is C23H23F4N3O3. The van der Waals surface area contributed by atoms with Crippen LogP contribution in [0.2, 0.25) is 0 Å². The Morgan fingerprint density at radius 2 is 1.76 bits per heavy atom. The van der Waals surface area contributed by atoms with Crippen LogP contribution in [0.1, 0.15) is 43.2 Å². The van der Waals surface area contributed by atoms with Crippen molar-refractivity contribution in [2.75, 3.05) is 24.4 Å². The Bertz CT molecular complexity index is 1110. The molecule has 0 radical (unpaired) electrons. The Morgan fingerprint density at radius 1 is 1.09 bits per heavy atom. The summed E-state index contributed by atoms with van der Waals surface area (Å²) in [6.45, 7) is -0.0884. The average molecular weight is 465 g/mol. The predicted molar refractivity (Wildman–Crippen MR) is 112 cm³/mol. The van der Waals surface area contributed by atoms with E-state index in [0.717, 1.165) is 16.5 Å². The van der Waals surface area contributed by atoms with Crippen LogP contribution in [0, 0.1) is 11.6 Å². The molecule has 1 amide bonds. The molecule has 0 saturated heterocycles. The number of halogens is 4. The topological polar surface area (TPSA) is 63.7 Å². The van der Waals surface area contributed by atoms with Crippen LogP contribution in [0.3, 0.4) is 0 Å². The molecule has 3 aliphatic rings. The number of benzene rings is 1. The van der Waals surface area contributed by atoms with Crippen molar-refractivity contribution in [2.45, 2.75) is 56.0 Å². The minimum Gasteiger partial charge on any atom is -0.493 e. The molecule has 2 fully saturated rings. The number of amides is 1. The molecule has 1 aromatic heterocycles. The molecule has 0 bridgehead atoms. The van der Waals surface area contributed by atoms with E-state index in [1.165, 1.54) is 20.4 Å². The van der Waals surface area contributed by atoms with Crippen LogP contribution < -0.4 is 19.7 Å². The molecule has 10 heteroatoms. The molecule has 1 aromatic carbocycles. The van der Waals surface area contributed by atoms with Crippen LogP contribution in [-0.4, -0.2) is 37.1 Å². The van der Waals surface area contributed by atoms with Gasteiger partial charge in [0, 0.05) is 31.1 Å². The number of carbonyl (C=O) groups is 1. The monoisotopic (exact) mass is 465 g/mol. The highest BCUT2D eigenvalue weighted by Crippen LogP contribution is 2.55. The molecule has 1 aliphatic heterocycles. The van der Waals surface area contributed by atoms with E-state index in [1.807, 2.05) is 0 Å². The van der Waals surface area contributed by atoms with E-state index < -0.39 is 40.6 Å². The van der Waals surface area contributed by atoms with Gasteiger partial charge >= 0.3 is 0 Å². The number of alkyl halides is 2. The molecule has 2 aliphatic carbocycles. The molecule has 5 rings (SSSR count). The highest BCUT2D eigenvalue weighted by molar-refractivity contribution is 6.05. The van der Waals surface area contributed by atoms with E-state index >= 15 is 8.78 Å². The summed E-state index contributed by atoms with van der Waals surface area (Å²) in [5, 5.41) is 3.05. The molecule has 1 N–H and O–H groups in total. The van der Waals surface area contributed by atoms with Gasteiger partial charge in [0.05, 0.1) is 26.2 Å². The SMILES string of the molecule is COc1cc(OC)c(F)c(N2Cc3cnc(NC4CCC(F)(F)C4)cc3C3(CC3)C2=O)c1F. The molecule has 1 atom stereocenters. The van der Waals surface area contributed by atoms with Crippen molar-refractivity contribution in [1.82, 2.24) is 4.98 Å². The summed E-state index contributed by atoms with van der Waals surface area (Å²) in [4.78, 5) is 18.9. The van der Waals surface area contributed by atoms with Crippen LogP contribution in [0.15, 0.2) is 18.3 Å². The molecule has 176 valence electrons. The van der Waals surface area contributed by atoms with Crippen molar-refractivity contribution in [3.63, 3.8) is 0 Å². The van der Waals surface area contributed by atoms with E-state index in [0.29, 0.717) is 30.6 Å². The van der Waals surface area contributed by atoms with Gasteiger partial charge in [0.15, 0.2) is 23.1 Å². The maximum absolute atomic E-state index is 15.1. The first-order valence-electron chi connectivity index (χ1n) is 10.7. The van der Waals surface area contributed by atoms with E-state index in [4.69, 9.17) is 9.47 Å². The van der Waals surface area contributed by atoms with Gasteiger partial charge in [-0.2, -0.15) is 0 Å². The van der Waals surface area contributed by atoms with Crippen molar-refractivity contribution in [3.8, 4) is 11.5 Å². The summed E-state index contributed by atoms with van der Waals surface area (Å²) >= 11 is 0. The number of carbonyl (C=O) groups excluding carboxylic acids is 1. The number of pyridine rings is 1. The van der Waals surface area contributed by atoms with Crippen LogP contribution in [0.4, 0.5) is 29.1 Å². The first-order valence-corrected chi connectivity index (χ1v) is 10.7. The summed E-state index contributed by atoms with van der Waals surface area (Å²) in [6, 6.07) is 2.41. The van der Waals surface area contributed by atoms with Crippen LogP contribution in [0.25, 0.3) is 0 Å². The van der Waals surface area contributed by atoms with Gasteiger partial charge in [0.1, 0.15) is 11.5 Å². The lowest BCUT2D eigenvalue weighted by Gasteiger charge is -2.35. The minimum atomic E-state index is -2.69. The summed E-state index contributed by atoms with van der Waals surface area (Å²) in [5.41, 5.74) is -0.0675. The lowest BCUT2D eigenvalue weighted by molar-refractivity contribution is -0.121. The molecule has 2 aromatic rings. The van der Waals surface area contributed by atoms with Gasteiger partial charge in [-0.1, -0.05) is 0 Å². The van der Waals surface area contributed by atoms with E-state index in [1.54, 1.807) is 6.07 Å². The molecular weight excluding hydrogens is 442 g/mol. The second-order valence-corrected chi connectivity index (χ2v) is 8.90. The zero-order valence-electron chi connectivity index (χ0n) is 18.2. The summed E-state index contributed by atoms with van der Waals surface area (Å²) in [5.74, 6) is -5.15. The molecule has 1 unspecified atom stereocenters. The Labute approximate surface area is 187 Å². The summed E-state index contributed by atoms with van der Waals surface area (Å²) in [7, 11) is 2.49. The van der Waals surface area contributed by atoms with E-state index in [-0.39, 0.29) is 30.9 Å². The van der Waals surface area contributed by atoms with Gasteiger partial charge in [-0.05, 0) is 36.5 Å². The fraction of sp³-hybridized carbons (Fsp3) is 0.478. The second-order valence-electron chi connectivity index (χ2n) is 8.90. The quantitative estimate of drug-likeness (QED) is 0.657. The number of aromatic nitrogens is 1. The normalized spacial score (nSPS) is 22.3. The van der Waals surface area contributed by atoms with Gasteiger partial charge < -0.3 is 19.7 Å². The average Bonchev–Trinajstić information content (AvgIpc) is 3.51. The molecule has 2 saturated carbocycles. The maximum Gasteiger partial charge on any atom is 0.250 e. The zero-order valence-corrected chi connectivity index (χ0v) is 18.2. The van der Waals surface area contributed by atoms with Gasteiger partial charge in [-0.3, -0.25) is 4.79 Å². The Kier molecular flexibility index (Phi) is 4.95. The van der Waals surface area contributed by atoms with E-state index in [9.17, 15) is 13.6 Å². The van der Waals surface area contributed by atoms with Crippen LogP contribution in [-0.2, 0) is 16.8 Å². The van der Waals surface area contributed by atoms with Crippen molar-refractivity contribution in [3.05, 3.63) is 41.1 Å². The van der Waals surface area contributed by atoms with E-state index in [2.05, 4.69) is 10.3 Å². The minimum absolute atomic E-state index is 0.0884. The van der Waals surface area contributed by atoms with Gasteiger partial charge in [0.2, 0.25) is 11.8 Å². The third-order valence-electron chi connectivity index (χ3n) is 6.81. The number of hydrogen-bond acceptors (Lipinski definition) is 5. The number of anilines is 2. The third-order valence-corrected chi connectivity index (χ3v) is 6.81. The number of rotatable bonds is 5. The number of hydrogen-bond donors (Lipinski definition) is 1. The first-order chi connectivity index (χ1) is 15.7. The smallest absolute Gasteiger partial charge is 0.250 e. The molecule has 6 nitrogen and oxygen atoms in total. The second kappa shape index (κ2) is 7.50. The number of nitrogens with one attached hydrogen (secondary N) is 1. The number of fused-ring (bicyclic) bond motifs is 2. The highest BCUT2D eigenvalue weighted by Gasteiger charge is 2.57. The van der Waals surface area contributed by atoms with Gasteiger partial charge in [-0.25, -0.2) is 22.5 Å². The van der Waals surface area contributed by atoms with Crippen molar-refractivity contribution in [2.24, 2.45) is 0 Å². The third kappa shape index (κ3) is 3.46. The Hall–Kier alpha value is -3.04. The van der Waals surface area contributed by atoms with Crippen LogP contribution >= 0.6 is 0 Å². The molecule has 2 heterocycles. The molecule has 1 spiro atoms. The molecule has 33 heavy (non-hydrogen) atoms. The van der Waals surface area contributed by atoms with Gasteiger partial charge in [0.25, 0.3) is 0 Å². The standard InChI is InChI=1S/C23H23F4N3O3/c1-32-15-8-16(33-2)19(25)20(18(15)24)30-11-12-10-28-17(29-13-3-4-23(26,27)9-13)7-14(12)22(5-6-22)21(30)31/h7-8,10,13H,3-6,9,11H2,1-2H3,(H,28,29). The van der Waals surface area contributed by atoms with Gasteiger partial charge in [-0.15, -0.1) is 0 Å². The Morgan fingerprint density at radius 3 is 2.30 bits per heavy atom. The number of methoxy groups -OCH3 is 2. The lowest BCUT2D eigenvalue weighted by Crippen LogP contribution is -2.45. The largest absolute Gasteiger partial charge is 0.493 e. The number of nitrogens with zero attached hydrogens (tertiary/aromatic N) is 2. The van der Waals surface area contributed by atoms with Crippen molar-refractivity contribution >= 4 is 17.4 Å². The first kappa shape index (κ1) is 21.8. The summed E-state index contributed by atoms with van der Waals surface area (Å²) in [6.07, 6.45) is 2.47. The highest BCUT2D eigenvalue weighted by atomic mass is 19.3. The predicted octanol–water partition coefficient (Wildman–Crippen LogP) is 4.56.